The first-order valence-corrected chi connectivity index (χ1v) is 12.0. The molecule has 1 fully saturated rings. The van der Waals surface area contributed by atoms with Gasteiger partial charge in [-0.2, -0.15) is 5.10 Å². The van der Waals surface area contributed by atoms with Crippen molar-refractivity contribution in [2.45, 2.75) is 44.9 Å². The van der Waals surface area contributed by atoms with Crippen LogP contribution in [0.4, 0.5) is 0 Å². The molecular weight excluding hydrogens is 440 g/mol. The molecule has 3 aromatic heterocycles. The van der Waals surface area contributed by atoms with Crippen molar-refractivity contribution in [1.29, 1.82) is 0 Å². The van der Waals surface area contributed by atoms with E-state index in [1.54, 1.807) is 12.1 Å². The predicted molar refractivity (Wildman–Crippen MR) is 135 cm³/mol. The van der Waals surface area contributed by atoms with E-state index in [1.165, 1.54) is 0 Å². The van der Waals surface area contributed by atoms with Gasteiger partial charge in [-0.1, -0.05) is 18.2 Å². The second-order valence-corrected chi connectivity index (χ2v) is 9.39. The Balaban J connectivity index is 1.32. The number of hydrogen-bond acceptors (Lipinski definition) is 6. The highest BCUT2D eigenvalue weighted by molar-refractivity contribution is 5.93. The molecule has 0 spiro atoms. The van der Waals surface area contributed by atoms with Crippen LogP contribution in [0.15, 0.2) is 67.3 Å². The summed E-state index contributed by atoms with van der Waals surface area (Å²) in [5.41, 5.74) is 6.08. The van der Waals surface area contributed by atoms with Crippen LogP contribution in [0.3, 0.4) is 0 Å². The number of hydroxylamine groups is 1. The van der Waals surface area contributed by atoms with Gasteiger partial charge in [0, 0.05) is 47.7 Å². The number of likely N-dealkylation sites (tertiary alicyclic amines) is 1. The summed E-state index contributed by atoms with van der Waals surface area (Å²) in [5.74, 6) is -0.231. The van der Waals surface area contributed by atoms with Crippen molar-refractivity contribution >= 4 is 16.7 Å². The minimum absolute atomic E-state index is 0.0868. The maximum Gasteiger partial charge on any atom is 0.274 e. The van der Waals surface area contributed by atoms with Crippen LogP contribution in [0.5, 0.6) is 0 Å². The molecule has 180 valence electrons. The molecule has 0 bridgehead atoms. The molecule has 1 amide bonds. The normalized spacial score (nSPS) is 18.7. The molecule has 8 nitrogen and oxygen atoms in total. The largest absolute Gasteiger partial charge is 0.298 e. The van der Waals surface area contributed by atoms with E-state index < -0.39 is 0 Å². The number of piperidine rings is 1. The number of fused-ring (bicyclic) bond motifs is 1. The monoisotopic (exact) mass is 470 g/mol. The molecule has 35 heavy (non-hydrogen) atoms. The molecular formula is C27H30N6O2. The van der Waals surface area contributed by atoms with Crippen LogP contribution in [0.25, 0.3) is 22.0 Å². The highest BCUT2D eigenvalue weighted by Gasteiger charge is 2.29. The van der Waals surface area contributed by atoms with Crippen LogP contribution in [0.1, 0.15) is 54.8 Å². The number of pyridine rings is 2. The second kappa shape index (κ2) is 9.93. The number of nitrogens with zero attached hydrogens (tertiary/aromatic N) is 5. The molecule has 1 aliphatic rings. The summed E-state index contributed by atoms with van der Waals surface area (Å²) >= 11 is 0. The van der Waals surface area contributed by atoms with Crippen LogP contribution < -0.4 is 5.48 Å². The molecule has 0 aliphatic carbocycles. The third-order valence-corrected chi connectivity index (χ3v) is 6.57. The third kappa shape index (κ3) is 5.08. The first-order valence-electron chi connectivity index (χ1n) is 12.0. The van der Waals surface area contributed by atoms with Crippen molar-refractivity contribution < 1.29 is 9.63 Å². The van der Waals surface area contributed by atoms with E-state index in [4.69, 9.17) is 9.82 Å². The lowest BCUT2D eigenvalue weighted by Crippen LogP contribution is -2.40. The van der Waals surface area contributed by atoms with Gasteiger partial charge < -0.3 is 0 Å². The zero-order chi connectivity index (χ0) is 24.4. The number of nitrogens with one attached hydrogen (secondary N) is 1. The molecule has 4 aromatic rings. The Bertz CT molecular complexity index is 1320. The van der Waals surface area contributed by atoms with Gasteiger partial charge in [-0.05, 0) is 63.4 Å². The Kier molecular flexibility index (Phi) is 6.57. The lowest BCUT2D eigenvalue weighted by atomic mass is 9.96. The summed E-state index contributed by atoms with van der Waals surface area (Å²) in [7, 11) is 2.10. The summed E-state index contributed by atoms with van der Waals surface area (Å²) < 4.78 is 1.94. The van der Waals surface area contributed by atoms with Gasteiger partial charge in [-0.25, -0.2) is 5.48 Å². The van der Waals surface area contributed by atoms with Gasteiger partial charge in [0.2, 0.25) is 0 Å². The summed E-state index contributed by atoms with van der Waals surface area (Å²) in [6.07, 6.45) is 9.12. The number of carbonyl (C=O) groups excluding carboxylic acids is 1. The van der Waals surface area contributed by atoms with Crippen molar-refractivity contribution in [3.05, 3.63) is 78.5 Å². The van der Waals surface area contributed by atoms with Crippen LogP contribution in [0, 0.1) is 0 Å². The van der Waals surface area contributed by atoms with Gasteiger partial charge in [-0.3, -0.25) is 29.2 Å². The van der Waals surface area contributed by atoms with Crippen LogP contribution in [-0.4, -0.2) is 50.3 Å². The Hall–Kier alpha value is -3.62. The van der Waals surface area contributed by atoms with Crippen molar-refractivity contribution in [3.63, 3.8) is 0 Å². The minimum Gasteiger partial charge on any atom is -0.298 e. The lowest BCUT2D eigenvalue weighted by molar-refractivity contribution is -0.0542. The Morgan fingerprint density at radius 3 is 2.66 bits per heavy atom. The van der Waals surface area contributed by atoms with E-state index in [0.717, 1.165) is 47.1 Å². The molecule has 8 heteroatoms. The van der Waals surface area contributed by atoms with Crippen molar-refractivity contribution in [2.24, 2.45) is 0 Å². The summed E-state index contributed by atoms with van der Waals surface area (Å²) in [4.78, 5) is 29.8. The minimum atomic E-state index is -0.231. The first kappa shape index (κ1) is 23.1. The summed E-state index contributed by atoms with van der Waals surface area (Å²) in [5, 5.41) is 6.53. The number of carbonyl (C=O) groups is 1. The van der Waals surface area contributed by atoms with E-state index in [1.807, 2.05) is 47.7 Å². The number of aromatic nitrogens is 4. The van der Waals surface area contributed by atoms with Crippen LogP contribution in [0.2, 0.25) is 0 Å². The molecule has 1 aliphatic heterocycles. The number of amides is 1. The standard InChI is InChI=1S/C27H30N6O2/c1-18(2)33-17-22(16-30-33)24-11-20-12-25(29-15-21(20)14-28-24)26-13-23(9-10-32(26)3)35-31-27(34)19-7-5-4-6-8-19/h4-8,11-12,14-18,23,26H,9-10,13H2,1-3H3,(H,31,34). The average molecular weight is 471 g/mol. The van der Waals surface area contributed by atoms with Crippen LogP contribution in [-0.2, 0) is 4.84 Å². The zero-order valence-electron chi connectivity index (χ0n) is 20.3. The Labute approximate surface area is 204 Å². The van der Waals surface area contributed by atoms with Crippen molar-refractivity contribution in [3.8, 4) is 11.3 Å². The molecule has 2 unspecified atom stereocenters. The quantitative estimate of drug-likeness (QED) is 0.416. The Morgan fingerprint density at radius 1 is 1.09 bits per heavy atom. The first-order chi connectivity index (χ1) is 17.0. The smallest absolute Gasteiger partial charge is 0.274 e. The maximum atomic E-state index is 12.4. The van der Waals surface area contributed by atoms with Gasteiger partial charge in [0.15, 0.2) is 0 Å². The van der Waals surface area contributed by atoms with E-state index >= 15 is 0 Å². The molecule has 1 aromatic carbocycles. The van der Waals surface area contributed by atoms with Crippen molar-refractivity contribution in [1.82, 2.24) is 30.1 Å². The van der Waals surface area contributed by atoms with E-state index in [2.05, 4.69) is 53.5 Å². The molecule has 2 atom stereocenters. The SMILES string of the molecule is CC(C)n1cc(-c2cc3cc(C4CC(ONC(=O)c5ccccc5)CCN4C)ncc3cn2)cn1. The number of rotatable bonds is 6. The fraction of sp³-hybridized carbons (Fsp3) is 0.333. The predicted octanol–water partition coefficient (Wildman–Crippen LogP) is 4.57. The topological polar surface area (TPSA) is 85.2 Å². The van der Waals surface area contributed by atoms with Crippen LogP contribution >= 0.6 is 0 Å². The molecule has 0 radical (unpaired) electrons. The lowest BCUT2D eigenvalue weighted by Gasteiger charge is -2.36. The Morgan fingerprint density at radius 2 is 1.89 bits per heavy atom. The molecule has 0 saturated carbocycles. The van der Waals surface area contributed by atoms with Gasteiger partial charge >= 0.3 is 0 Å². The average Bonchev–Trinajstić information content (AvgIpc) is 3.39. The van der Waals surface area contributed by atoms with Crippen molar-refractivity contribution in [2.75, 3.05) is 13.6 Å². The highest BCUT2D eigenvalue weighted by atomic mass is 16.7. The van der Waals surface area contributed by atoms with Gasteiger partial charge in [0.25, 0.3) is 5.91 Å². The third-order valence-electron chi connectivity index (χ3n) is 6.57. The number of benzene rings is 1. The van der Waals surface area contributed by atoms with E-state index in [0.29, 0.717) is 11.6 Å². The zero-order valence-corrected chi connectivity index (χ0v) is 20.3. The second-order valence-electron chi connectivity index (χ2n) is 9.39. The number of hydrogen-bond donors (Lipinski definition) is 1. The molecule has 1 saturated heterocycles. The summed E-state index contributed by atoms with van der Waals surface area (Å²) in [6, 6.07) is 13.7. The van der Waals surface area contributed by atoms with E-state index in [-0.39, 0.29) is 18.1 Å². The molecule has 5 rings (SSSR count). The van der Waals surface area contributed by atoms with Gasteiger partial charge in [0.1, 0.15) is 0 Å². The van der Waals surface area contributed by atoms with E-state index in [9.17, 15) is 4.79 Å². The van der Waals surface area contributed by atoms with Gasteiger partial charge in [-0.15, -0.1) is 0 Å². The highest BCUT2D eigenvalue weighted by Crippen LogP contribution is 2.32. The molecule has 1 N–H and O–H groups in total. The fourth-order valence-electron chi connectivity index (χ4n) is 4.44. The fourth-order valence-corrected chi connectivity index (χ4v) is 4.44. The molecule has 4 heterocycles. The van der Waals surface area contributed by atoms with Gasteiger partial charge in [0.05, 0.1) is 29.7 Å². The maximum absolute atomic E-state index is 12.4. The summed E-state index contributed by atoms with van der Waals surface area (Å²) in [6.45, 7) is 5.06.